The third kappa shape index (κ3) is 5.62. The Morgan fingerprint density at radius 3 is 2.42 bits per heavy atom. The van der Waals surface area contributed by atoms with Gasteiger partial charge in [-0.25, -0.2) is 26.6 Å². The Hall–Kier alpha value is -4.45. The zero-order chi connectivity index (χ0) is 28.4. The van der Waals surface area contributed by atoms with Gasteiger partial charge in [-0.2, -0.15) is 5.10 Å². The molecule has 0 radical (unpaired) electrons. The average Bonchev–Trinajstić information content (AvgIpc) is 3.59. The van der Waals surface area contributed by atoms with Gasteiger partial charge < -0.3 is 9.64 Å². The highest BCUT2D eigenvalue weighted by Gasteiger charge is 2.37. The molecule has 1 amide bonds. The van der Waals surface area contributed by atoms with E-state index in [0.717, 1.165) is 23.6 Å². The highest BCUT2D eigenvalue weighted by molar-refractivity contribution is 7.94. The number of rotatable bonds is 8. The molecule has 0 N–H and O–H groups in total. The molecule has 5 rings (SSSR count). The van der Waals surface area contributed by atoms with Crippen LogP contribution in [0.3, 0.4) is 0 Å². The number of carbonyl (C=O) groups excluding carboxylic acids is 1. The van der Waals surface area contributed by atoms with Crippen LogP contribution in [0.1, 0.15) is 17.2 Å². The van der Waals surface area contributed by atoms with Crippen LogP contribution in [0.15, 0.2) is 84.7 Å². The second-order valence-corrected chi connectivity index (χ2v) is 11.1. The summed E-state index contributed by atoms with van der Waals surface area (Å²) in [6.07, 6.45) is 5.86. The average molecular weight is 569 g/mol. The molecule has 0 spiro atoms. The van der Waals surface area contributed by atoms with Crippen molar-refractivity contribution >= 4 is 15.7 Å². The van der Waals surface area contributed by atoms with Gasteiger partial charge in [0.2, 0.25) is 5.88 Å². The number of methoxy groups -OCH3 is 1. The van der Waals surface area contributed by atoms with Gasteiger partial charge in [-0.15, -0.1) is 0 Å². The maximum atomic E-state index is 15.7. The highest BCUT2D eigenvalue weighted by atomic mass is 32.2. The largest absolute Gasteiger partial charge is 0.481 e. The molecule has 1 aliphatic rings. The predicted molar refractivity (Wildman–Crippen MR) is 140 cm³/mol. The molecule has 0 saturated carbocycles. The molecule has 0 bridgehead atoms. The van der Waals surface area contributed by atoms with Crippen molar-refractivity contribution < 1.29 is 31.1 Å². The summed E-state index contributed by atoms with van der Waals surface area (Å²) in [6, 6.07) is 9.96. The first-order chi connectivity index (χ1) is 19.1. The van der Waals surface area contributed by atoms with E-state index in [0.29, 0.717) is 11.4 Å². The van der Waals surface area contributed by atoms with E-state index in [9.17, 15) is 22.0 Å². The van der Waals surface area contributed by atoms with E-state index >= 15 is 4.39 Å². The fourth-order valence-electron chi connectivity index (χ4n) is 4.55. The lowest BCUT2D eigenvalue weighted by molar-refractivity contribution is -0.135. The molecular weight excluding hydrogens is 545 g/mol. The second-order valence-electron chi connectivity index (χ2n) is 9.15. The van der Waals surface area contributed by atoms with Crippen LogP contribution in [0.25, 0.3) is 11.1 Å². The highest BCUT2D eigenvalue weighted by Crippen LogP contribution is 2.31. The Kier molecular flexibility index (Phi) is 7.44. The SMILES string of the molecule is COc1cc(CN(C(=O)C(c2ccc(-c3ccc(F)c(F)c3)cc2F)n2cccn2)[C@@H]2C=CS(=O)(=O)C2)ccn1. The van der Waals surface area contributed by atoms with E-state index in [1.807, 2.05) is 0 Å². The Labute approximate surface area is 228 Å². The van der Waals surface area contributed by atoms with Gasteiger partial charge in [0.15, 0.2) is 27.5 Å². The lowest BCUT2D eigenvalue weighted by Gasteiger charge is -2.32. The van der Waals surface area contributed by atoms with Crippen LogP contribution in [0.4, 0.5) is 13.2 Å². The summed E-state index contributed by atoms with van der Waals surface area (Å²) in [6.45, 7) is -0.0193. The first-order valence-electron chi connectivity index (χ1n) is 12.1. The summed E-state index contributed by atoms with van der Waals surface area (Å²) in [5, 5.41) is 5.23. The molecule has 1 aliphatic heterocycles. The molecule has 3 heterocycles. The normalized spacial score (nSPS) is 16.6. The van der Waals surface area contributed by atoms with Gasteiger partial charge in [0.1, 0.15) is 5.82 Å². The van der Waals surface area contributed by atoms with Crippen LogP contribution in [0, 0.1) is 17.5 Å². The minimum Gasteiger partial charge on any atom is -0.481 e. The number of nitrogens with zero attached hydrogens (tertiary/aromatic N) is 4. The second kappa shape index (κ2) is 11.0. The van der Waals surface area contributed by atoms with Crippen molar-refractivity contribution in [2.75, 3.05) is 12.9 Å². The maximum absolute atomic E-state index is 15.7. The predicted octanol–water partition coefficient (Wildman–Crippen LogP) is 4.30. The number of ether oxygens (including phenoxy) is 1. The molecule has 2 aromatic carbocycles. The van der Waals surface area contributed by atoms with Gasteiger partial charge in [-0.1, -0.05) is 18.2 Å². The van der Waals surface area contributed by atoms with Crippen LogP contribution < -0.4 is 4.74 Å². The van der Waals surface area contributed by atoms with Crippen molar-refractivity contribution in [3.05, 3.63) is 113 Å². The van der Waals surface area contributed by atoms with Crippen LogP contribution >= 0.6 is 0 Å². The number of pyridine rings is 1. The molecule has 0 saturated heterocycles. The molecule has 0 fully saturated rings. The van der Waals surface area contributed by atoms with Crippen molar-refractivity contribution in [2.45, 2.75) is 18.6 Å². The van der Waals surface area contributed by atoms with Gasteiger partial charge in [0.25, 0.3) is 5.91 Å². The van der Waals surface area contributed by atoms with Gasteiger partial charge in [-0.3, -0.25) is 9.48 Å². The van der Waals surface area contributed by atoms with E-state index in [1.54, 1.807) is 18.2 Å². The molecule has 2 aromatic heterocycles. The summed E-state index contributed by atoms with van der Waals surface area (Å²) in [7, 11) is -2.09. The lowest BCUT2D eigenvalue weighted by Crippen LogP contribution is -2.44. The molecule has 1 unspecified atom stereocenters. The number of sulfone groups is 1. The van der Waals surface area contributed by atoms with E-state index < -0.39 is 45.3 Å². The monoisotopic (exact) mass is 568 g/mol. The van der Waals surface area contributed by atoms with Crippen molar-refractivity contribution in [1.82, 2.24) is 19.7 Å². The number of aromatic nitrogens is 3. The molecule has 4 aromatic rings. The van der Waals surface area contributed by atoms with Crippen molar-refractivity contribution in [1.29, 1.82) is 0 Å². The Morgan fingerprint density at radius 1 is 1.05 bits per heavy atom. The first-order valence-corrected chi connectivity index (χ1v) is 13.8. The summed E-state index contributed by atoms with van der Waals surface area (Å²) in [4.78, 5) is 19.6. The zero-order valence-corrected chi connectivity index (χ0v) is 21.9. The standard InChI is InChI=1S/C28H23F3N4O4S/c1-39-26-13-18(7-10-32-26)16-34(21-8-12-40(37,38)17-21)28(36)27(35-11-2-9-33-35)22-5-3-19(14-24(22)30)20-4-6-23(29)25(31)15-20/h2-15,21,27H,16-17H2,1H3/t21-,27?/m1/s1. The molecule has 0 aliphatic carbocycles. The van der Waals surface area contributed by atoms with E-state index in [4.69, 9.17) is 4.74 Å². The fraction of sp³-hybridized carbons (Fsp3) is 0.179. The van der Waals surface area contributed by atoms with Crippen LogP contribution in [0.5, 0.6) is 5.88 Å². The zero-order valence-electron chi connectivity index (χ0n) is 21.1. The summed E-state index contributed by atoms with van der Waals surface area (Å²) in [5.74, 6) is -3.51. The molecule has 12 heteroatoms. The van der Waals surface area contributed by atoms with E-state index in [1.165, 1.54) is 59.6 Å². The summed E-state index contributed by atoms with van der Waals surface area (Å²) >= 11 is 0. The summed E-state index contributed by atoms with van der Waals surface area (Å²) in [5.41, 5.74) is 1.10. The summed E-state index contributed by atoms with van der Waals surface area (Å²) < 4.78 is 73.9. The Morgan fingerprint density at radius 2 is 1.80 bits per heavy atom. The minimum atomic E-state index is -3.54. The van der Waals surface area contributed by atoms with Crippen LogP contribution in [-0.2, 0) is 21.2 Å². The topological polar surface area (TPSA) is 94.4 Å². The van der Waals surface area contributed by atoms with Crippen molar-refractivity contribution in [3.63, 3.8) is 0 Å². The number of hydrogen-bond acceptors (Lipinski definition) is 6. The minimum absolute atomic E-state index is 0.0193. The van der Waals surface area contributed by atoms with Crippen LogP contribution in [-0.4, -0.2) is 52.9 Å². The molecule has 40 heavy (non-hydrogen) atoms. The maximum Gasteiger partial charge on any atom is 0.252 e. The third-order valence-corrected chi connectivity index (χ3v) is 7.91. The first kappa shape index (κ1) is 27.1. The van der Waals surface area contributed by atoms with Gasteiger partial charge in [-0.05, 0) is 53.1 Å². The smallest absolute Gasteiger partial charge is 0.252 e. The quantitative estimate of drug-likeness (QED) is 0.315. The number of halogens is 3. The van der Waals surface area contributed by atoms with Gasteiger partial charge in [0, 0.05) is 42.2 Å². The van der Waals surface area contributed by atoms with Gasteiger partial charge in [0.05, 0.1) is 18.9 Å². The third-order valence-electron chi connectivity index (χ3n) is 6.53. The molecule has 206 valence electrons. The number of amides is 1. The Balaban J connectivity index is 1.56. The van der Waals surface area contributed by atoms with Crippen molar-refractivity contribution in [3.8, 4) is 17.0 Å². The number of hydrogen-bond donors (Lipinski definition) is 0. The van der Waals surface area contributed by atoms with Crippen LogP contribution in [0.2, 0.25) is 0 Å². The van der Waals surface area contributed by atoms with E-state index in [-0.39, 0.29) is 29.0 Å². The van der Waals surface area contributed by atoms with Gasteiger partial charge >= 0.3 is 0 Å². The molecular formula is C28H23F3N4O4S. The number of benzene rings is 2. The fourth-order valence-corrected chi connectivity index (χ4v) is 5.85. The Bertz CT molecular complexity index is 1690. The molecule has 8 nitrogen and oxygen atoms in total. The molecule has 2 atom stereocenters. The number of carbonyl (C=O) groups is 1. The lowest BCUT2D eigenvalue weighted by atomic mass is 9.98. The van der Waals surface area contributed by atoms with Crippen molar-refractivity contribution in [2.24, 2.45) is 0 Å². The van der Waals surface area contributed by atoms with E-state index in [2.05, 4.69) is 10.1 Å².